The zero-order valence-corrected chi connectivity index (χ0v) is 22.8. The van der Waals surface area contributed by atoms with Crippen LogP contribution in [0.5, 0.6) is 5.75 Å². The fourth-order valence-electron chi connectivity index (χ4n) is 4.64. The first-order valence-corrected chi connectivity index (χ1v) is 12.7. The summed E-state index contributed by atoms with van der Waals surface area (Å²) in [4.78, 5) is 0. The fourth-order valence-corrected chi connectivity index (χ4v) is 4.94. The number of hydrogen-bond donors (Lipinski definition) is 3. The number of aliphatic hydroxyl groups is 2. The summed E-state index contributed by atoms with van der Waals surface area (Å²) in [5.41, 5.74) is 6.77. The van der Waals surface area contributed by atoms with Crippen LogP contribution in [0.2, 0.25) is 5.02 Å². The van der Waals surface area contributed by atoms with Crippen LogP contribution in [0.25, 0.3) is 21.9 Å². The number of hydrogen-bond acceptors (Lipinski definition) is 4. The molecule has 0 aliphatic rings. The minimum absolute atomic E-state index is 0.287. The Morgan fingerprint density at radius 3 is 2.49 bits per heavy atom. The quantitative estimate of drug-likeness (QED) is 0.147. The molecule has 0 amide bonds. The summed E-state index contributed by atoms with van der Waals surface area (Å²) in [6.07, 6.45) is -0.396. The maximum Gasteiger partial charge on any atom is 0.174 e. The zero-order valence-electron chi connectivity index (χ0n) is 22.1. The van der Waals surface area contributed by atoms with Crippen LogP contribution < -0.4 is 10.1 Å². The summed E-state index contributed by atoms with van der Waals surface area (Å²) >= 11 is 6.68. The lowest BCUT2D eigenvalue weighted by Crippen LogP contribution is -2.11. The molecular weight excluding hydrogens is 489 g/mol. The summed E-state index contributed by atoms with van der Waals surface area (Å²) in [5.74, 6) is 0.399. The number of ether oxygens (including phenoxy) is 1. The van der Waals surface area contributed by atoms with Gasteiger partial charge in [-0.25, -0.2) is 4.39 Å². The number of nitrogens with one attached hydrogen (secondary N) is 1. The molecule has 3 aromatic rings. The van der Waals surface area contributed by atoms with E-state index >= 15 is 0 Å². The van der Waals surface area contributed by atoms with Crippen LogP contribution in [-0.2, 0) is 0 Å². The van der Waals surface area contributed by atoms with Gasteiger partial charge in [0.05, 0.1) is 6.61 Å². The summed E-state index contributed by atoms with van der Waals surface area (Å²) in [6.45, 7) is 12.2. The lowest BCUT2D eigenvalue weighted by atomic mass is 9.86. The highest BCUT2D eigenvalue weighted by molar-refractivity contribution is 6.33. The molecule has 0 aliphatic heterocycles. The van der Waals surface area contributed by atoms with Crippen LogP contribution in [0, 0.1) is 12.7 Å². The van der Waals surface area contributed by atoms with E-state index in [2.05, 4.69) is 11.9 Å². The molecule has 3 rings (SSSR count). The molecule has 0 heterocycles. The summed E-state index contributed by atoms with van der Waals surface area (Å²) in [7, 11) is 1.86. The molecule has 0 radical (unpaired) electrons. The van der Waals surface area contributed by atoms with Crippen LogP contribution in [0.4, 0.5) is 4.39 Å². The number of allylic oxidation sites excluding steroid dienone is 4. The number of rotatable bonds is 10. The Morgan fingerprint density at radius 1 is 1.11 bits per heavy atom. The predicted octanol–water partition coefficient (Wildman–Crippen LogP) is 7.41. The van der Waals surface area contributed by atoms with E-state index in [1.54, 1.807) is 13.0 Å². The number of benzene rings is 3. The monoisotopic (exact) mass is 523 g/mol. The maximum atomic E-state index is 13.6. The largest absolute Gasteiger partial charge is 0.493 e. The molecule has 0 spiro atoms. The van der Waals surface area contributed by atoms with Crippen molar-refractivity contribution in [3.63, 3.8) is 0 Å². The van der Waals surface area contributed by atoms with Gasteiger partial charge in [-0.15, -0.1) is 0 Å². The highest BCUT2D eigenvalue weighted by Crippen LogP contribution is 2.38. The average molecular weight is 524 g/mol. The van der Waals surface area contributed by atoms with Crippen molar-refractivity contribution in [2.45, 2.75) is 46.8 Å². The second-order valence-corrected chi connectivity index (χ2v) is 9.64. The molecule has 0 unspecified atom stereocenters. The van der Waals surface area contributed by atoms with Crippen molar-refractivity contribution in [3.05, 3.63) is 99.5 Å². The van der Waals surface area contributed by atoms with E-state index in [0.717, 1.165) is 49.9 Å². The molecule has 0 atom stereocenters. The lowest BCUT2D eigenvalue weighted by Gasteiger charge is -2.22. The highest BCUT2D eigenvalue weighted by Gasteiger charge is 2.20. The Labute approximate surface area is 223 Å². The third-order valence-corrected chi connectivity index (χ3v) is 6.98. The van der Waals surface area contributed by atoms with Crippen molar-refractivity contribution < 1.29 is 19.3 Å². The van der Waals surface area contributed by atoms with Gasteiger partial charge in [-0.3, -0.25) is 0 Å². The first kappa shape index (κ1) is 28.5. The average Bonchev–Trinajstić information content (AvgIpc) is 2.85. The molecule has 0 bridgehead atoms. The Bertz CT molecular complexity index is 1370. The van der Waals surface area contributed by atoms with Crippen molar-refractivity contribution in [3.8, 4) is 5.75 Å². The summed E-state index contributed by atoms with van der Waals surface area (Å²) in [6, 6.07) is 13.9. The SMILES string of the molecule is C=C(C)/C(=C(/C)NC)c1c(Cl)ccc(/C(CCCOc2cccc3cc(F)ccc23)=C(\C)C(O)O)c1C. The maximum absolute atomic E-state index is 13.6. The van der Waals surface area contributed by atoms with E-state index in [-0.39, 0.29) is 5.82 Å². The summed E-state index contributed by atoms with van der Waals surface area (Å²) in [5, 5.41) is 25.5. The minimum atomic E-state index is -1.59. The highest BCUT2D eigenvalue weighted by atomic mass is 35.5. The van der Waals surface area contributed by atoms with Gasteiger partial charge in [0, 0.05) is 34.3 Å². The van der Waals surface area contributed by atoms with Gasteiger partial charge < -0.3 is 20.3 Å². The smallest absolute Gasteiger partial charge is 0.174 e. The third kappa shape index (κ3) is 6.42. The van der Waals surface area contributed by atoms with Gasteiger partial charge in [0.1, 0.15) is 11.6 Å². The Kier molecular flexibility index (Phi) is 9.55. The Morgan fingerprint density at radius 2 is 1.84 bits per heavy atom. The number of halogens is 2. The van der Waals surface area contributed by atoms with Crippen LogP contribution in [0.3, 0.4) is 0 Å². The molecule has 37 heavy (non-hydrogen) atoms. The standard InChI is InChI=1S/C31H35ClFNO3/c1-18(2)29(21(5)34-6)30-19(3)25(14-15-27(30)32)24(20(4)31(35)36)10-8-16-37-28-11-7-9-22-17-23(33)12-13-26(22)28/h7,9,11-15,17,31,34-36H,1,8,10,16H2,2-6H3/b24-20+,29-21+. The van der Waals surface area contributed by atoms with Gasteiger partial charge in [-0.2, -0.15) is 0 Å². The van der Waals surface area contributed by atoms with Crippen molar-refractivity contribution in [2.24, 2.45) is 0 Å². The predicted molar refractivity (Wildman–Crippen MR) is 152 cm³/mol. The number of fused-ring (bicyclic) bond motifs is 1. The van der Waals surface area contributed by atoms with Gasteiger partial charge in [-0.05, 0) is 104 Å². The zero-order chi connectivity index (χ0) is 27.3. The molecule has 3 N–H and O–H groups in total. The fraction of sp³-hybridized carbons (Fsp3) is 0.290. The first-order valence-electron chi connectivity index (χ1n) is 12.3. The van der Waals surface area contributed by atoms with Crippen molar-refractivity contribution in [1.82, 2.24) is 5.32 Å². The Hall–Kier alpha value is -3.12. The van der Waals surface area contributed by atoms with Gasteiger partial charge in [-0.1, -0.05) is 36.4 Å². The normalized spacial score (nSPS) is 12.9. The van der Waals surface area contributed by atoms with Crippen LogP contribution in [-0.4, -0.2) is 30.2 Å². The first-order chi connectivity index (χ1) is 17.6. The van der Waals surface area contributed by atoms with Crippen molar-refractivity contribution in [2.75, 3.05) is 13.7 Å². The molecule has 4 nitrogen and oxygen atoms in total. The van der Waals surface area contributed by atoms with E-state index in [1.807, 2.05) is 58.2 Å². The molecule has 0 saturated carbocycles. The molecule has 6 heteroatoms. The van der Waals surface area contributed by atoms with Crippen LogP contribution in [0.15, 0.2) is 72.0 Å². The van der Waals surface area contributed by atoms with Crippen molar-refractivity contribution >= 4 is 33.5 Å². The van der Waals surface area contributed by atoms with Crippen LogP contribution in [0.1, 0.15) is 50.3 Å². The van der Waals surface area contributed by atoms with Gasteiger partial charge in [0.25, 0.3) is 0 Å². The molecule has 0 saturated heterocycles. The molecule has 0 aromatic heterocycles. The van der Waals surface area contributed by atoms with E-state index in [1.165, 1.54) is 12.1 Å². The lowest BCUT2D eigenvalue weighted by molar-refractivity contribution is -0.00726. The van der Waals surface area contributed by atoms with E-state index in [4.69, 9.17) is 16.3 Å². The van der Waals surface area contributed by atoms with Crippen LogP contribution >= 0.6 is 11.6 Å². The van der Waals surface area contributed by atoms with Gasteiger partial charge in [0.2, 0.25) is 0 Å². The topological polar surface area (TPSA) is 61.7 Å². The molecule has 0 fully saturated rings. The second kappa shape index (κ2) is 12.4. The second-order valence-electron chi connectivity index (χ2n) is 9.23. The molecule has 3 aromatic carbocycles. The summed E-state index contributed by atoms with van der Waals surface area (Å²) < 4.78 is 19.7. The molecule has 196 valence electrons. The van der Waals surface area contributed by atoms with E-state index < -0.39 is 6.29 Å². The molecular formula is C31H35ClFNO3. The number of aliphatic hydroxyl groups excluding tert-OH is 1. The van der Waals surface area contributed by atoms with E-state index in [9.17, 15) is 14.6 Å². The molecule has 0 aliphatic carbocycles. The van der Waals surface area contributed by atoms with E-state index in [0.29, 0.717) is 35.8 Å². The Balaban J connectivity index is 1.92. The van der Waals surface area contributed by atoms with Gasteiger partial charge >= 0.3 is 0 Å². The minimum Gasteiger partial charge on any atom is -0.493 e. The van der Waals surface area contributed by atoms with Crippen molar-refractivity contribution in [1.29, 1.82) is 0 Å². The van der Waals surface area contributed by atoms with Gasteiger partial charge in [0.15, 0.2) is 6.29 Å². The third-order valence-electron chi connectivity index (χ3n) is 6.66.